The van der Waals surface area contributed by atoms with Crippen LogP contribution in [0.3, 0.4) is 0 Å². The summed E-state index contributed by atoms with van der Waals surface area (Å²) in [5.41, 5.74) is -0.765. The summed E-state index contributed by atoms with van der Waals surface area (Å²) in [5, 5.41) is 10.5. The molecular weight excluding hydrogens is 336 g/mol. The Bertz CT molecular complexity index is 798. The van der Waals surface area contributed by atoms with E-state index >= 15 is 0 Å². The summed E-state index contributed by atoms with van der Waals surface area (Å²) in [6, 6.07) is 11.8. The molecule has 5 nitrogen and oxygen atoms in total. The van der Waals surface area contributed by atoms with Gasteiger partial charge < -0.3 is 9.64 Å². The van der Waals surface area contributed by atoms with E-state index in [2.05, 4.69) is 6.07 Å². The van der Waals surface area contributed by atoms with E-state index in [1.54, 1.807) is 13.1 Å². The van der Waals surface area contributed by atoms with Gasteiger partial charge in [0.15, 0.2) is 6.61 Å². The molecule has 0 atom stereocenters. The SMILES string of the molecule is CN(C(=O)COC(=O)c1cc2ccccc2s1)C1(C#N)CCCCC1. The largest absolute Gasteiger partial charge is 0.451 e. The maximum absolute atomic E-state index is 12.4. The summed E-state index contributed by atoms with van der Waals surface area (Å²) in [6.45, 7) is -0.340. The highest BCUT2D eigenvalue weighted by atomic mass is 32.1. The molecule has 1 amide bonds. The first kappa shape index (κ1) is 17.4. The number of thiophene rings is 1. The second-order valence-corrected chi connectivity index (χ2v) is 7.47. The van der Waals surface area contributed by atoms with E-state index in [4.69, 9.17) is 4.74 Å². The number of likely N-dealkylation sites (N-methyl/N-ethyl adjacent to an activating group) is 1. The molecule has 0 saturated heterocycles. The van der Waals surface area contributed by atoms with E-state index in [0.717, 1.165) is 29.3 Å². The molecule has 0 spiro atoms. The zero-order valence-corrected chi connectivity index (χ0v) is 15.0. The molecule has 1 aromatic carbocycles. The molecule has 1 heterocycles. The number of hydrogen-bond donors (Lipinski definition) is 0. The Morgan fingerprint density at radius 3 is 2.68 bits per heavy atom. The first-order valence-corrected chi connectivity index (χ1v) is 9.21. The number of carbonyl (C=O) groups is 2. The topological polar surface area (TPSA) is 70.4 Å². The normalized spacial score (nSPS) is 16.2. The second kappa shape index (κ2) is 7.24. The lowest BCUT2D eigenvalue weighted by Crippen LogP contribution is -2.51. The van der Waals surface area contributed by atoms with Crippen LogP contribution in [-0.4, -0.2) is 36.0 Å². The lowest BCUT2D eigenvalue weighted by molar-refractivity contribution is -0.138. The third-order valence-corrected chi connectivity index (χ3v) is 5.95. The van der Waals surface area contributed by atoms with Crippen molar-refractivity contribution < 1.29 is 14.3 Å². The van der Waals surface area contributed by atoms with Crippen molar-refractivity contribution in [1.82, 2.24) is 4.90 Å². The summed E-state index contributed by atoms with van der Waals surface area (Å²) in [5.74, 6) is -0.837. The number of nitrogens with zero attached hydrogens (tertiary/aromatic N) is 2. The fourth-order valence-corrected chi connectivity index (χ4v) is 4.23. The zero-order chi connectivity index (χ0) is 17.9. The molecule has 1 saturated carbocycles. The molecule has 2 aromatic rings. The summed E-state index contributed by atoms with van der Waals surface area (Å²) >= 11 is 1.35. The molecule has 25 heavy (non-hydrogen) atoms. The van der Waals surface area contributed by atoms with Gasteiger partial charge in [-0.2, -0.15) is 5.26 Å². The average molecular weight is 356 g/mol. The van der Waals surface area contributed by atoms with Crippen LogP contribution < -0.4 is 0 Å². The molecule has 130 valence electrons. The Kier molecular flexibility index (Phi) is 5.05. The Hall–Kier alpha value is -2.39. The molecule has 1 aliphatic carbocycles. The molecule has 6 heteroatoms. The van der Waals surface area contributed by atoms with Crippen LogP contribution in [0.15, 0.2) is 30.3 Å². The molecule has 0 bridgehead atoms. The highest BCUT2D eigenvalue weighted by molar-refractivity contribution is 7.20. The smallest absolute Gasteiger partial charge is 0.348 e. The van der Waals surface area contributed by atoms with Gasteiger partial charge in [0, 0.05) is 11.7 Å². The lowest BCUT2D eigenvalue weighted by Gasteiger charge is -2.38. The van der Waals surface area contributed by atoms with Gasteiger partial charge in [0.05, 0.1) is 6.07 Å². The number of benzene rings is 1. The summed E-state index contributed by atoms with van der Waals surface area (Å²) in [7, 11) is 1.63. The standard InChI is InChI=1S/C19H20N2O3S/c1-21(19(13-20)9-5-2-6-10-19)17(22)12-24-18(23)16-11-14-7-3-4-8-15(14)25-16/h3-4,7-8,11H,2,5-6,9-10,12H2,1H3. The van der Waals surface area contributed by atoms with Crippen LogP contribution in [-0.2, 0) is 9.53 Å². The van der Waals surface area contributed by atoms with Crippen LogP contribution >= 0.6 is 11.3 Å². The van der Waals surface area contributed by atoms with E-state index in [1.165, 1.54) is 16.2 Å². The fourth-order valence-electron chi connectivity index (χ4n) is 3.28. The zero-order valence-electron chi connectivity index (χ0n) is 14.2. The average Bonchev–Trinajstić information content (AvgIpc) is 3.10. The van der Waals surface area contributed by atoms with Crippen LogP contribution in [0.2, 0.25) is 0 Å². The third-order valence-electron chi connectivity index (χ3n) is 4.86. The van der Waals surface area contributed by atoms with Gasteiger partial charge in [-0.15, -0.1) is 11.3 Å². The second-order valence-electron chi connectivity index (χ2n) is 6.38. The van der Waals surface area contributed by atoms with Crippen molar-refractivity contribution in [3.05, 3.63) is 35.2 Å². The molecule has 0 radical (unpaired) electrons. The van der Waals surface area contributed by atoms with Crippen molar-refractivity contribution in [3.63, 3.8) is 0 Å². The summed E-state index contributed by atoms with van der Waals surface area (Å²) in [4.78, 5) is 26.6. The van der Waals surface area contributed by atoms with Crippen LogP contribution in [0.25, 0.3) is 10.1 Å². The van der Waals surface area contributed by atoms with Gasteiger partial charge in [-0.3, -0.25) is 4.79 Å². The van der Waals surface area contributed by atoms with E-state index in [-0.39, 0.29) is 12.5 Å². The lowest BCUT2D eigenvalue weighted by atomic mass is 9.81. The molecule has 3 rings (SSSR count). The van der Waals surface area contributed by atoms with Crippen LogP contribution in [0, 0.1) is 11.3 Å². The van der Waals surface area contributed by atoms with Gasteiger partial charge in [-0.1, -0.05) is 37.5 Å². The number of esters is 1. The molecule has 0 aliphatic heterocycles. The quantitative estimate of drug-likeness (QED) is 0.783. The molecule has 1 aromatic heterocycles. The Morgan fingerprint density at radius 2 is 2.00 bits per heavy atom. The van der Waals surface area contributed by atoms with Gasteiger partial charge in [-0.05, 0) is 30.4 Å². The third kappa shape index (κ3) is 3.52. The number of ether oxygens (including phenoxy) is 1. The van der Waals surface area contributed by atoms with Gasteiger partial charge >= 0.3 is 5.97 Å². The highest BCUT2D eigenvalue weighted by Gasteiger charge is 2.39. The van der Waals surface area contributed by atoms with Crippen LogP contribution in [0.5, 0.6) is 0 Å². The van der Waals surface area contributed by atoms with E-state index < -0.39 is 11.5 Å². The molecular formula is C19H20N2O3S. The predicted octanol–water partition coefficient (Wildman–Crippen LogP) is 3.74. The van der Waals surface area contributed by atoms with Crippen LogP contribution in [0.1, 0.15) is 41.8 Å². The maximum atomic E-state index is 12.4. The maximum Gasteiger partial charge on any atom is 0.348 e. The van der Waals surface area contributed by atoms with Crippen molar-refractivity contribution in [2.75, 3.05) is 13.7 Å². The molecule has 0 unspecified atom stereocenters. The monoisotopic (exact) mass is 356 g/mol. The van der Waals surface area contributed by atoms with E-state index in [1.807, 2.05) is 24.3 Å². The molecule has 0 N–H and O–H groups in total. The summed E-state index contributed by atoms with van der Waals surface area (Å²) in [6.07, 6.45) is 4.32. The van der Waals surface area contributed by atoms with Crippen molar-refractivity contribution in [2.24, 2.45) is 0 Å². The molecule has 1 aliphatic rings. The van der Waals surface area contributed by atoms with Gasteiger partial charge in [0.2, 0.25) is 0 Å². The number of fused-ring (bicyclic) bond motifs is 1. The van der Waals surface area contributed by atoms with Crippen LogP contribution in [0.4, 0.5) is 0 Å². The first-order valence-electron chi connectivity index (χ1n) is 8.39. The number of rotatable bonds is 4. The van der Waals surface area contributed by atoms with Gasteiger partial charge in [0.1, 0.15) is 10.4 Å². The summed E-state index contributed by atoms with van der Waals surface area (Å²) < 4.78 is 6.20. The van der Waals surface area contributed by atoms with E-state index in [0.29, 0.717) is 17.7 Å². The Balaban J connectivity index is 1.63. The van der Waals surface area contributed by atoms with Crippen molar-refractivity contribution in [2.45, 2.75) is 37.6 Å². The van der Waals surface area contributed by atoms with Crippen molar-refractivity contribution >= 4 is 33.3 Å². The number of nitriles is 1. The minimum atomic E-state index is -0.765. The highest BCUT2D eigenvalue weighted by Crippen LogP contribution is 2.32. The Morgan fingerprint density at radius 1 is 1.28 bits per heavy atom. The number of amides is 1. The van der Waals surface area contributed by atoms with E-state index in [9.17, 15) is 14.9 Å². The van der Waals surface area contributed by atoms with Crippen molar-refractivity contribution in [3.8, 4) is 6.07 Å². The minimum absolute atomic E-state index is 0.335. The number of carbonyl (C=O) groups excluding carboxylic acids is 2. The number of hydrogen-bond acceptors (Lipinski definition) is 5. The van der Waals surface area contributed by atoms with Crippen molar-refractivity contribution in [1.29, 1.82) is 5.26 Å². The minimum Gasteiger partial charge on any atom is -0.451 e. The molecule has 1 fully saturated rings. The predicted molar refractivity (Wildman–Crippen MR) is 96.3 cm³/mol. The van der Waals surface area contributed by atoms with Gasteiger partial charge in [0.25, 0.3) is 5.91 Å². The first-order chi connectivity index (χ1) is 12.1. The van der Waals surface area contributed by atoms with Gasteiger partial charge in [-0.25, -0.2) is 4.79 Å². The Labute approximate surface area is 150 Å². The fraction of sp³-hybridized carbons (Fsp3) is 0.421.